The van der Waals surface area contributed by atoms with Crippen LogP contribution in [0.2, 0.25) is 5.02 Å². The molecule has 0 spiro atoms. The van der Waals surface area contributed by atoms with Gasteiger partial charge in [0, 0.05) is 11.1 Å². The molecule has 24 heavy (non-hydrogen) atoms. The molecular weight excluding hydrogens is 330 g/mol. The van der Waals surface area contributed by atoms with Crippen molar-refractivity contribution in [1.82, 2.24) is 0 Å². The van der Waals surface area contributed by atoms with Crippen molar-refractivity contribution in [2.75, 3.05) is 20.5 Å². The first-order valence-corrected chi connectivity index (χ1v) is 8.28. The van der Waals surface area contributed by atoms with Gasteiger partial charge < -0.3 is 24.3 Å². The topological polar surface area (TPSA) is 53.5 Å². The van der Waals surface area contributed by atoms with Crippen LogP contribution in [-0.2, 0) is 13.1 Å². The SMILES string of the molecule is CCOc1c(Cl)cc(C[NH2+]Cc2ccc3c(c2)OCO3)cc1OC. The Labute approximate surface area is 146 Å². The van der Waals surface area contributed by atoms with E-state index < -0.39 is 0 Å². The molecule has 1 aliphatic heterocycles. The summed E-state index contributed by atoms with van der Waals surface area (Å²) in [6.07, 6.45) is 0. The number of benzene rings is 2. The van der Waals surface area contributed by atoms with Gasteiger partial charge in [0.05, 0.1) is 18.7 Å². The fourth-order valence-electron chi connectivity index (χ4n) is 2.65. The maximum Gasteiger partial charge on any atom is 0.231 e. The Morgan fingerprint density at radius 1 is 1.08 bits per heavy atom. The van der Waals surface area contributed by atoms with Gasteiger partial charge in [0.2, 0.25) is 6.79 Å². The van der Waals surface area contributed by atoms with Crippen molar-refractivity contribution >= 4 is 11.6 Å². The summed E-state index contributed by atoms with van der Waals surface area (Å²) in [5.74, 6) is 2.88. The number of hydrogen-bond acceptors (Lipinski definition) is 4. The van der Waals surface area contributed by atoms with E-state index in [1.165, 1.54) is 5.56 Å². The number of methoxy groups -OCH3 is 1. The summed E-state index contributed by atoms with van der Waals surface area (Å²) in [5.41, 5.74) is 2.27. The maximum atomic E-state index is 6.30. The van der Waals surface area contributed by atoms with Gasteiger partial charge in [-0.1, -0.05) is 11.6 Å². The first-order valence-electron chi connectivity index (χ1n) is 7.90. The van der Waals surface area contributed by atoms with E-state index in [4.69, 9.17) is 30.5 Å². The van der Waals surface area contributed by atoms with E-state index in [1.54, 1.807) is 7.11 Å². The Hall–Kier alpha value is -2.11. The van der Waals surface area contributed by atoms with E-state index in [-0.39, 0.29) is 0 Å². The highest BCUT2D eigenvalue weighted by molar-refractivity contribution is 6.32. The second-order valence-electron chi connectivity index (χ2n) is 5.43. The average Bonchev–Trinajstić information content (AvgIpc) is 3.04. The smallest absolute Gasteiger partial charge is 0.231 e. The molecule has 0 radical (unpaired) electrons. The molecule has 2 N–H and O–H groups in total. The van der Waals surface area contributed by atoms with Crippen LogP contribution >= 0.6 is 11.6 Å². The van der Waals surface area contributed by atoms with Crippen molar-refractivity contribution in [3.05, 3.63) is 46.5 Å². The first-order chi connectivity index (χ1) is 11.7. The molecule has 0 saturated heterocycles. The van der Waals surface area contributed by atoms with Crippen LogP contribution in [0.3, 0.4) is 0 Å². The van der Waals surface area contributed by atoms with Crippen LogP contribution in [0.5, 0.6) is 23.0 Å². The van der Waals surface area contributed by atoms with Gasteiger partial charge in [-0.25, -0.2) is 0 Å². The van der Waals surface area contributed by atoms with E-state index in [2.05, 4.69) is 11.4 Å². The standard InChI is InChI=1S/C18H20ClNO4/c1-3-22-18-14(19)6-13(8-17(18)21-2)10-20-9-12-4-5-15-16(7-12)24-11-23-15/h4-8,20H,3,9-11H2,1-2H3/p+1. The number of quaternary nitrogens is 1. The van der Waals surface area contributed by atoms with Crippen molar-refractivity contribution in [2.24, 2.45) is 0 Å². The third-order valence-electron chi connectivity index (χ3n) is 3.77. The minimum Gasteiger partial charge on any atom is -0.493 e. The quantitative estimate of drug-likeness (QED) is 0.834. The number of ether oxygens (including phenoxy) is 4. The molecule has 0 saturated carbocycles. The molecular formula is C18H21ClNO4+. The van der Waals surface area contributed by atoms with Gasteiger partial charge in [-0.2, -0.15) is 0 Å². The average molecular weight is 351 g/mol. The van der Waals surface area contributed by atoms with Crippen LogP contribution in [0.4, 0.5) is 0 Å². The van der Waals surface area contributed by atoms with Crippen LogP contribution in [0.15, 0.2) is 30.3 Å². The van der Waals surface area contributed by atoms with Crippen molar-refractivity contribution in [3.8, 4) is 23.0 Å². The molecule has 1 aliphatic rings. The molecule has 1 heterocycles. The molecule has 0 aromatic heterocycles. The van der Waals surface area contributed by atoms with Gasteiger partial charge in [-0.3, -0.25) is 0 Å². The maximum absolute atomic E-state index is 6.30. The van der Waals surface area contributed by atoms with Gasteiger partial charge in [0.1, 0.15) is 13.1 Å². The zero-order chi connectivity index (χ0) is 16.9. The van der Waals surface area contributed by atoms with E-state index in [0.29, 0.717) is 29.9 Å². The molecule has 0 amide bonds. The molecule has 0 fully saturated rings. The van der Waals surface area contributed by atoms with Crippen LogP contribution in [-0.4, -0.2) is 20.5 Å². The third kappa shape index (κ3) is 3.68. The van der Waals surface area contributed by atoms with E-state index in [9.17, 15) is 0 Å². The Bertz CT molecular complexity index is 720. The molecule has 0 unspecified atom stereocenters. The predicted octanol–water partition coefficient (Wildman–Crippen LogP) is 2.74. The Morgan fingerprint density at radius 3 is 2.67 bits per heavy atom. The lowest BCUT2D eigenvalue weighted by molar-refractivity contribution is -0.686. The summed E-state index contributed by atoms with van der Waals surface area (Å²) in [6, 6.07) is 9.90. The molecule has 2 aromatic rings. The summed E-state index contributed by atoms with van der Waals surface area (Å²) in [7, 11) is 1.62. The second-order valence-corrected chi connectivity index (χ2v) is 5.83. The van der Waals surface area contributed by atoms with Crippen LogP contribution in [0.25, 0.3) is 0 Å². The molecule has 5 nitrogen and oxygen atoms in total. The number of nitrogens with two attached hydrogens (primary N) is 1. The van der Waals surface area contributed by atoms with Gasteiger partial charge in [0.15, 0.2) is 23.0 Å². The van der Waals surface area contributed by atoms with Crippen LogP contribution < -0.4 is 24.3 Å². The molecule has 0 bridgehead atoms. The van der Waals surface area contributed by atoms with Crippen molar-refractivity contribution < 1.29 is 24.3 Å². The van der Waals surface area contributed by atoms with E-state index in [1.807, 2.05) is 31.2 Å². The highest BCUT2D eigenvalue weighted by Crippen LogP contribution is 2.36. The summed E-state index contributed by atoms with van der Waals surface area (Å²) in [6.45, 7) is 4.39. The number of fused-ring (bicyclic) bond motifs is 1. The van der Waals surface area contributed by atoms with Gasteiger partial charge in [-0.05, 0) is 37.3 Å². The van der Waals surface area contributed by atoms with E-state index >= 15 is 0 Å². The molecule has 0 atom stereocenters. The summed E-state index contributed by atoms with van der Waals surface area (Å²) in [5, 5.41) is 2.77. The second kappa shape index (κ2) is 7.64. The number of halogens is 1. The van der Waals surface area contributed by atoms with Crippen molar-refractivity contribution in [3.63, 3.8) is 0 Å². The highest BCUT2D eigenvalue weighted by atomic mass is 35.5. The minimum atomic E-state index is 0.299. The van der Waals surface area contributed by atoms with Crippen LogP contribution in [0.1, 0.15) is 18.1 Å². The van der Waals surface area contributed by atoms with Gasteiger partial charge >= 0.3 is 0 Å². The summed E-state index contributed by atoms with van der Waals surface area (Å²) in [4.78, 5) is 0. The molecule has 2 aromatic carbocycles. The highest BCUT2D eigenvalue weighted by Gasteiger charge is 2.14. The summed E-state index contributed by atoms with van der Waals surface area (Å²) >= 11 is 6.30. The third-order valence-corrected chi connectivity index (χ3v) is 4.06. The van der Waals surface area contributed by atoms with Crippen molar-refractivity contribution in [1.29, 1.82) is 0 Å². The normalized spacial score (nSPS) is 12.3. The van der Waals surface area contributed by atoms with Gasteiger partial charge in [-0.15, -0.1) is 0 Å². The Kier molecular flexibility index (Phi) is 5.33. The van der Waals surface area contributed by atoms with Crippen LogP contribution in [0, 0.1) is 0 Å². The first kappa shape index (κ1) is 16.7. The fraction of sp³-hybridized carbons (Fsp3) is 0.333. The molecule has 6 heteroatoms. The zero-order valence-corrected chi connectivity index (χ0v) is 14.6. The molecule has 128 valence electrons. The minimum absolute atomic E-state index is 0.299. The Morgan fingerprint density at radius 2 is 1.88 bits per heavy atom. The predicted molar refractivity (Wildman–Crippen MR) is 91.1 cm³/mol. The number of rotatable bonds is 7. The summed E-state index contributed by atoms with van der Waals surface area (Å²) < 4.78 is 21.6. The lowest BCUT2D eigenvalue weighted by Gasteiger charge is -2.12. The molecule has 0 aliphatic carbocycles. The lowest BCUT2D eigenvalue weighted by atomic mass is 10.1. The molecule has 3 rings (SSSR count). The zero-order valence-electron chi connectivity index (χ0n) is 13.8. The largest absolute Gasteiger partial charge is 0.493 e. The van der Waals surface area contributed by atoms with Gasteiger partial charge in [0.25, 0.3) is 0 Å². The fourth-order valence-corrected chi connectivity index (χ4v) is 2.94. The lowest BCUT2D eigenvalue weighted by Crippen LogP contribution is -2.80. The number of hydrogen-bond donors (Lipinski definition) is 1. The monoisotopic (exact) mass is 350 g/mol. The van der Waals surface area contributed by atoms with Crippen molar-refractivity contribution in [2.45, 2.75) is 20.0 Å². The Balaban J connectivity index is 1.63. The van der Waals surface area contributed by atoms with E-state index in [0.717, 1.165) is 30.2 Å².